The maximum Gasteiger partial charge on any atom is 0.221 e. The molecule has 0 fully saturated rings. The van der Waals surface area contributed by atoms with Crippen LogP contribution in [-0.4, -0.2) is 28.0 Å². The SMILES string of the molecule is CCNC(=O)CCn1cncc1CNC(C)C. The van der Waals surface area contributed by atoms with Gasteiger partial charge in [0, 0.05) is 38.3 Å². The fourth-order valence-corrected chi connectivity index (χ4v) is 1.51. The Hall–Kier alpha value is -1.36. The Labute approximate surface area is 103 Å². The van der Waals surface area contributed by atoms with E-state index in [0.29, 0.717) is 25.6 Å². The average molecular weight is 238 g/mol. The van der Waals surface area contributed by atoms with Gasteiger partial charge in [0.1, 0.15) is 0 Å². The second-order valence-electron chi connectivity index (χ2n) is 4.32. The summed E-state index contributed by atoms with van der Waals surface area (Å²) < 4.78 is 2.02. The van der Waals surface area contributed by atoms with Gasteiger partial charge in [-0.1, -0.05) is 13.8 Å². The highest BCUT2D eigenvalue weighted by Crippen LogP contribution is 2.01. The van der Waals surface area contributed by atoms with Gasteiger partial charge < -0.3 is 15.2 Å². The zero-order valence-corrected chi connectivity index (χ0v) is 10.9. The van der Waals surface area contributed by atoms with Crippen molar-refractivity contribution in [2.75, 3.05) is 6.54 Å². The minimum atomic E-state index is 0.0870. The molecular weight excluding hydrogens is 216 g/mol. The van der Waals surface area contributed by atoms with Crippen LogP contribution in [0.4, 0.5) is 0 Å². The quantitative estimate of drug-likeness (QED) is 0.742. The molecule has 2 N–H and O–H groups in total. The summed E-state index contributed by atoms with van der Waals surface area (Å²) in [6.07, 6.45) is 4.11. The van der Waals surface area contributed by atoms with Gasteiger partial charge in [-0.25, -0.2) is 4.98 Å². The van der Waals surface area contributed by atoms with Crippen molar-refractivity contribution in [1.82, 2.24) is 20.2 Å². The van der Waals surface area contributed by atoms with Crippen LogP contribution in [0.3, 0.4) is 0 Å². The second kappa shape index (κ2) is 7.06. The van der Waals surface area contributed by atoms with Crippen LogP contribution in [0, 0.1) is 0 Å². The fraction of sp³-hybridized carbons (Fsp3) is 0.667. The number of hydrogen-bond donors (Lipinski definition) is 2. The molecule has 0 unspecified atom stereocenters. The van der Waals surface area contributed by atoms with Crippen molar-refractivity contribution in [2.24, 2.45) is 0 Å². The molecule has 0 atom stereocenters. The van der Waals surface area contributed by atoms with Gasteiger partial charge in [-0.2, -0.15) is 0 Å². The van der Waals surface area contributed by atoms with Crippen molar-refractivity contribution in [3.8, 4) is 0 Å². The number of amides is 1. The number of nitrogens with zero attached hydrogens (tertiary/aromatic N) is 2. The van der Waals surface area contributed by atoms with Crippen LogP contribution in [0.15, 0.2) is 12.5 Å². The second-order valence-corrected chi connectivity index (χ2v) is 4.32. The third-order valence-corrected chi connectivity index (χ3v) is 2.44. The van der Waals surface area contributed by atoms with E-state index < -0.39 is 0 Å². The number of aromatic nitrogens is 2. The van der Waals surface area contributed by atoms with Crippen LogP contribution < -0.4 is 10.6 Å². The Morgan fingerprint density at radius 3 is 2.94 bits per heavy atom. The predicted molar refractivity (Wildman–Crippen MR) is 67.5 cm³/mol. The average Bonchev–Trinajstić information content (AvgIpc) is 2.71. The van der Waals surface area contributed by atoms with Crippen LogP contribution in [0.5, 0.6) is 0 Å². The highest BCUT2D eigenvalue weighted by atomic mass is 16.1. The first-order valence-electron chi connectivity index (χ1n) is 6.12. The molecule has 0 aliphatic heterocycles. The molecule has 1 aromatic rings. The molecule has 17 heavy (non-hydrogen) atoms. The number of carbonyl (C=O) groups excluding carboxylic acids is 1. The molecule has 0 saturated carbocycles. The van der Waals surface area contributed by atoms with Crippen LogP contribution in [0.2, 0.25) is 0 Å². The van der Waals surface area contributed by atoms with Gasteiger partial charge in [0.15, 0.2) is 0 Å². The molecule has 96 valence electrons. The van der Waals surface area contributed by atoms with E-state index >= 15 is 0 Å². The molecule has 5 heteroatoms. The molecule has 0 aliphatic rings. The van der Waals surface area contributed by atoms with Gasteiger partial charge in [0.05, 0.1) is 12.0 Å². The van der Waals surface area contributed by atoms with E-state index in [1.54, 1.807) is 6.33 Å². The minimum absolute atomic E-state index is 0.0870. The van der Waals surface area contributed by atoms with Crippen molar-refractivity contribution >= 4 is 5.91 Å². The fourth-order valence-electron chi connectivity index (χ4n) is 1.51. The number of imidazole rings is 1. The molecule has 1 amide bonds. The number of nitrogens with one attached hydrogen (secondary N) is 2. The monoisotopic (exact) mass is 238 g/mol. The number of rotatable bonds is 7. The lowest BCUT2D eigenvalue weighted by atomic mass is 10.3. The van der Waals surface area contributed by atoms with Crippen LogP contribution in [0.25, 0.3) is 0 Å². The molecular formula is C12H22N4O. The van der Waals surface area contributed by atoms with Crippen LogP contribution in [0.1, 0.15) is 32.9 Å². The zero-order chi connectivity index (χ0) is 12.7. The van der Waals surface area contributed by atoms with Gasteiger partial charge in [0.2, 0.25) is 5.91 Å². The molecule has 0 bridgehead atoms. The summed E-state index contributed by atoms with van der Waals surface area (Å²) >= 11 is 0. The minimum Gasteiger partial charge on any atom is -0.356 e. The highest BCUT2D eigenvalue weighted by molar-refractivity contribution is 5.75. The maximum atomic E-state index is 11.4. The Kier molecular flexibility index (Phi) is 5.69. The van der Waals surface area contributed by atoms with Crippen molar-refractivity contribution in [3.05, 3.63) is 18.2 Å². The van der Waals surface area contributed by atoms with Gasteiger partial charge in [-0.3, -0.25) is 4.79 Å². The number of aryl methyl sites for hydroxylation is 1. The highest BCUT2D eigenvalue weighted by Gasteiger charge is 2.05. The van der Waals surface area contributed by atoms with E-state index in [9.17, 15) is 4.79 Å². The van der Waals surface area contributed by atoms with Crippen molar-refractivity contribution < 1.29 is 4.79 Å². The van der Waals surface area contributed by atoms with Crippen molar-refractivity contribution in [2.45, 2.75) is 46.3 Å². The van der Waals surface area contributed by atoms with Crippen LogP contribution in [-0.2, 0) is 17.9 Å². The molecule has 1 rings (SSSR count). The van der Waals surface area contributed by atoms with E-state index in [-0.39, 0.29) is 5.91 Å². The first-order chi connectivity index (χ1) is 8.13. The molecule has 5 nitrogen and oxygen atoms in total. The number of hydrogen-bond acceptors (Lipinski definition) is 3. The summed E-state index contributed by atoms with van der Waals surface area (Å²) in [5, 5.41) is 6.13. The maximum absolute atomic E-state index is 11.4. The molecule has 0 aliphatic carbocycles. The summed E-state index contributed by atoms with van der Waals surface area (Å²) in [7, 11) is 0. The molecule has 0 radical (unpaired) electrons. The van der Waals surface area contributed by atoms with E-state index in [1.165, 1.54) is 0 Å². The lowest BCUT2D eigenvalue weighted by Gasteiger charge is -2.11. The number of carbonyl (C=O) groups is 1. The van der Waals surface area contributed by atoms with Crippen molar-refractivity contribution in [3.63, 3.8) is 0 Å². The molecule has 1 aromatic heterocycles. The largest absolute Gasteiger partial charge is 0.356 e. The standard InChI is InChI=1S/C12H22N4O/c1-4-14-12(17)5-6-16-9-13-7-11(16)8-15-10(2)3/h7,9-10,15H,4-6,8H2,1-3H3,(H,14,17). The molecule has 0 spiro atoms. The van der Waals surface area contributed by atoms with E-state index in [0.717, 1.165) is 12.2 Å². The first kappa shape index (κ1) is 13.7. The van der Waals surface area contributed by atoms with Crippen molar-refractivity contribution in [1.29, 1.82) is 0 Å². The van der Waals surface area contributed by atoms with Gasteiger partial charge in [0.25, 0.3) is 0 Å². The Bertz CT molecular complexity index is 346. The van der Waals surface area contributed by atoms with Crippen LogP contribution >= 0.6 is 0 Å². The third kappa shape index (κ3) is 4.99. The van der Waals surface area contributed by atoms with Gasteiger partial charge in [-0.15, -0.1) is 0 Å². The summed E-state index contributed by atoms with van der Waals surface area (Å²) in [6.45, 7) is 8.29. The summed E-state index contributed by atoms with van der Waals surface area (Å²) in [6, 6.07) is 0.446. The lowest BCUT2D eigenvalue weighted by molar-refractivity contribution is -0.121. The molecule has 0 saturated heterocycles. The van der Waals surface area contributed by atoms with E-state index in [1.807, 2.05) is 17.7 Å². The van der Waals surface area contributed by atoms with E-state index in [4.69, 9.17) is 0 Å². The normalized spacial score (nSPS) is 10.8. The molecule has 1 heterocycles. The van der Waals surface area contributed by atoms with Gasteiger partial charge in [-0.05, 0) is 6.92 Å². The van der Waals surface area contributed by atoms with E-state index in [2.05, 4.69) is 29.5 Å². The third-order valence-electron chi connectivity index (χ3n) is 2.44. The predicted octanol–water partition coefficient (Wildman–Crippen LogP) is 0.907. The lowest BCUT2D eigenvalue weighted by Crippen LogP contribution is -2.25. The van der Waals surface area contributed by atoms with Gasteiger partial charge >= 0.3 is 0 Å². The Morgan fingerprint density at radius 1 is 1.53 bits per heavy atom. The zero-order valence-electron chi connectivity index (χ0n) is 10.9. The Balaban J connectivity index is 2.42. The Morgan fingerprint density at radius 2 is 2.29 bits per heavy atom. The summed E-state index contributed by atoms with van der Waals surface area (Å²) in [5.74, 6) is 0.0870. The first-order valence-corrected chi connectivity index (χ1v) is 6.12. The summed E-state index contributed by atoms with van der Waals surface area (Å²) in [5.41, 5.74) is 1.11. The summed E-state index contributed by atoms with van der Waals surface area (Å²) in [4.78, 5) is 15.5. The molecule has 0 aromatic carbocycles. The smallest absolute Gasteiger partial charge is 0.221 e. The topological polar surface area (TPSA) is 59.0 Å².